The van der Waals surface area contributed by atoms with Gasteiger partial charge < -0.3 is 10.3 Å². The molecule has 9 heteroatoms. The number of aromatic nitrogens is 3. The van der Waals surface area contributed by atoms with Crippen LogP contribution in [0.3, 0.4) is 0 Å². The lowest BCUT2D eigenvalue weighted by Gasteiger charge is -2.29. The molecule has 1 fully saturated rings. The summed E-state index contributed by atoms with van der Waals surface area (Å²) in [6.07, 6.45) is 4.55. The summed E-state index contributed by atoms with van der Waals surface area (Å²) in [5, 5.41) is 2.64. The Balaban J connectivity index is 1.71. The average molecular weight is 327 g/mol. The fourth-order valence-electron chi connectivity index (χ4n) is 2.53. The number of hydrogen-bond acceptors (Lipinski definition) is 6. The van der Waals surface area contributed by atoms with Crippen LogP contribution in [0.25, 0.3) is 0 Å². The average Bonchev–Trinajstić information content (AvgIpc) is 3.08. The second-order valence-electron chi connectivity index (χ2n) is 5.17. The fraction of sp³-hybridized carbons (Fsp3) is 0.500. The lowest BCUT2D eigenvalue weighted by Crippen LogP contribution is -2.38. The van der Waals surface area contributed by atoms with Crippen molar-refractivity contribution >= 4 is 26.5 Å². The second kappa shape index (κ2) is 5.39. The number of nitrogens with two attached hydrogens (primary N) is 1. The first-order chi connectivity index (χ1) is 9.96. The number of piperidine rings is 1. The van der Waals surface area contributed by atoms with Crippen molar-refractivity contribution in [1.82, 2.24) is 18.8 Å². The van der Waals surface area contributed by atoms with E-state index in [2.05, 4.69) is 9.97 Å². The molecule has 7 nitrogen and oxygen atoms in total. The summed E-state index contributed by atoms with van der Waals surface area (Å²) in [5.41, 5.74) is 6.63. The van der Waals surface area contributed by atoms with Crippen molar-refractivity contribution in [2.45, 2.75) is 23.8 Å². The van der Waals surface area contributed by atoms with Crippen molar-refractivity contribution < 1.29 is 8.42 Å². The monoisotopic (exact) mass is 327 g/mol. The molecular formula is C12H17N5O2S2. The van der Waals surface area contributed by atoms with Crippen LogP contribution < -0.4 is 5.73 Å². The molecule has 2 aromatic rings. The Bertz CT molecular complexity index is 728. The summed E-state index contributed by atoms with van der Waals surface area (Å²) in [4.78, 5) is 8.25. The van der Waals surface area contributed by atoms with E-state index < -0.39 is 10.0 Å². The standard InChI is InChI=1S/C12H17N5O2S2/c1-16-6-11(14-8-16)21(18,19)17-4-2-9(3-5-17)10-7-20-12(13)15-10/h6-9H,2-5H2,1H3,(H2,13,15). The van der Waals surface area contributed by atoms with E-state index in [1.165, 1.54) is 28.2 Å². The predicted molar refractivity (Wildman–Crippen MR) is 80.5 cm³/mol. The third-order valence-corrected chi connectivity index (χ3v) is 6.17. The van der Waals surface area contributed by atoms with Gasteiger partial charge in [-0.05, 0) is 12.8 Å². The van der Waals surface area contributed by atoms with Crippen molar-refractivity contribution in [2.24, 2.45) is 7.05 Å². The van der Waals surface area contributed by atoms with Gasteiger partial charge in [-0.15, -0.1) is 11.3 Å². The molecule has 2 aromatic heterocycles. The Morgan fingerprint density at radius 2 is 2.10 bits per heavy atom. The van der Waals surface area contributed by atoms with Crippen LogP contribution in [0.5, 0.6) is 0 Å². The highest BCUT2D eigenvalue weighted by atomic mass is 32.2. The molecule has 0 saturated carbocycles. The van der Waals surface area contributed by atoms with Crippen molar-refractivity contribution in [3.63, 3.8) is 0 Å². The van der Waals surface area contributed by atoms with Gasteiger partial charge in [-0.1, -0.05) is 0 Å². The van der Waals surface area contributed by atoms with E-state index in [0.717, 1.165) is 18.5 Å². The molecule has 21 heavy (non-hydrogen) atoms. The highest BCUT2D eigenvalue weighted by molar-refractivity contribution is 7.89. The molecule has 3 rings (SSSR count). The number of nitrogen functional groups attached to an aromatic ring is 1. The van der Waals surface area contributed by atoms with E-state index in [0.29, 0.717) is 18.2 Å². The summed E-state index contributed by atoms with van der Waals surface area (Å²) in [6, 6.07) is 0. The molecule has 3 heterocycles. The van der Waals surface area contributed by atoms with Crippen molar-refractivity contribution in [3.8, 4) is 0 Å². The molecule has 0 spiro atoms. The first-order valence-corrected chi connectivity index (χ1v) is 8.98. The maximum Gasteiger partial charge on any atom is 0.262 e. The Morgan fingerprint density at radius 1 is 1.38 bits per heavy atom. The Kier molecular flexibility index (Phi) is 3.72. The van der Waals surface area contributed by atoms with Crippen LogP contribution in [0.15, 0.2) is 22.9 Å². The SMILES string of the molecule is Cn1cnc(S(=O)(=O)N2CCC(c3csc(N)n3)CC2)c1. The highest BCUT2D eigenvalue weighted by Gasteiger charge is 2.31. The predicted octanol–water partition coefficient (Wildman–Crippen LogP) is 1.03. The van der Waals surface area contributed by atoms with Gasteiger partial charge in [0.1, 0.15) is 0 Å². The second-order valence-corrected chi connectivity index (χ2v) is 7.94. The van der Waals surface area contributed by atoms with Crippen molar-refractivity contribution in [3.05, 3.63) is 23.6 Å². The van der Waals surface area contributed by atoms with Gasteiger partial charge in [-0.25, -0.2) is 18.4 Å². The summed E-state index contributed by atoms with van der Waals surface area (Å²) < 4.78 is 28.1. The molecule has 1 aliphatic heterocycles. The summed E-state index contributed by atoms with van der Waals surface area (Å²) in [7, 11) is -1.73. The molecule has 2 N–H and O–H groups in total. The smallest absolute Gasteiger partial charge is 0.262 e. The minimum Gasteiger partial charge on any atom is -0.375 e. The normalized spacial score (nSPS) is 18.1. The fourth-order valence-corrected chi connectivity index (χ4v) is 4.62. The van der Waals surface area contributed by atoms with E-state index in [4.69, 9.17) is 5.73 Å². The molecule has 114 valence electrons. The maximum absolute atomic E-state index is 12.5. The summed E-state index contributed by atoms with van der Waals surface area (Å²) in [5.74, 6) is 0.286. The quantitative estimate of drug-likeness (QED) is 0.908. The number of aryl methyl sites for hydroxylation is 1. The molecule has 0 aliphatic carbocycles. The lowest BCUT2D eigenvalue weighted by molar-refractivity contribution is 0.316. The Labute approximate surface area is 127 Å². The number of hydrogen-bond donors (Lipinski definition) is 1. The number of rotatable bonds is 3. The zero-order valence-corrected chi connectivity index (χ0v) is 13.3. The molecule has 0 unspecified atom stereocenters. The number of sulfonamides is 1. The molecule has 1 aliphatic rings. The van der Waals surface area contributed by atoms with E-state index in [-0.39, 0.29) is 10.9 Å². The number of anilines is 1. The van der Waals surface area contributed by atoms with Crippen LogP contribution in [0.4, 0.5) is 5.13 Å². The molecular weight excluding hydrogens is 310 g/mol. The lowest BCUT2D eigenvalue weighted by atomic mass is 9.95. The van der Waals surface area contributed by atoms with Crippen LogP contribution in [-0.4, -0.2) is 40.3 Å². The summed E-state index contributed by atoms with van der Waals surface area (Å²) >= 11 is 1.43. The van der Waals surface area contributed by atoms with Gasteiger partial charge in [0.15, 0.2) is 10.2 Å². The van der Waals surface area contributed by atoms with Crippen LogP contribution in [0, 0.1) is 0 Å². The maximum atomic E-state index is 12.5. The highest BCUT2D eigenvalue weighted by Crippen LogP contribution is 2.31. The zero-order valence-electron chi connectivity index (χ0n) is 11.6. The van der Waals surface area contributed by atoms with Crippen LogP contribution in [0.2, 0.25) is 0 Å². The van der Waals surface area contributed by atoms with Gasteiger partial charge >= 0.3 is 0 Å². The van der Waals surface area contributed by atoms with Gasteiger partial charge in [0.2, 0.25) is 0 Å². The molecule has 0 bridgehead atoms. The third kappa shape index (κ3) is 2.81. The van der Waals surface area contributed by atoms with Crippen LogP contribution in [0.1, 0.15) is 24.5 Å². The Hall–Kier alpha value is -1.45. The van der Waals surface area contributed by atoms with Crippen molar-refractivity contribution in [1.29, 1.82) is 0 Å². The van der Waals surface area contributed by atoms with E-state index in [1.54, 1.807) is 11.6 Å². The largest absolute Gasteiger partial charge is 0.375 e. The van der Waals surface area contributed by atoms with E-state index in [1.807, 2.05) is 5.38 Å². The third-order valence-electron chi connectivity index (χ3n) is 3.70. The van der Waals surface area contributed by atoms with Crippen LogP contribution >= 0.6 is 11.3 Å². The van der Waals surface area contributed by atoms with Gasteiger partial charge in [-0.2, -0.15) is 4.31 Å². The van der Waals surface area contributed by atoms with Gasteiger partial charge in [-0.3, -0.25) is 0 Å². The minimum atomic E-state index is -3.48. The van der Waals surface area contributed by atoms with Gasteiger partial charge in [0.05, 0.1) is 12.0 Å². The Morgan fingerprint density at radius 3 is 2.62 bits per heavy atom. The first kappa shape index (κ1) is 14.5. The van der Waals surface area contributed by atoms with Crippen LogP contribution in [-0.2, 0) is 17.1 Å². The molecule has 1 saturated heterocycles. The number of imidazole rings is 1. The molecule has 0 radical (unpaired) electrons. The number of nitrogens with zero attached hydrogens (tertiary/aromatic N) is 4. The molecule has 0 aromatic carbocycles. The summed E-state index contributed by atoms with van der Waals surface area (Å²) in [6.45, 7) is 0.974. The first-order valence-electron chi connectivity index (χ1n) is 6.66. The van der Waals surface area contributed by atoms with E-state index >= 15 is 0 Å². The topological polar surface area (TPSA) is 94.1 Å². The van der Waals surface area contributed by atoms with Crippen molar-refractivity contribution in [2.75, 3.05) is 18.8 Å². The van der Waals surface area contributed by atoms with E-state index in [9.17, 15) is 8.42 Å². The minimum absolute atomic E-state index is 0.112. The van der Waals surface area contributed by atoms with Gasteiger partial charge in [0, 0.05) is 37.6 Å². The number of thiazole rings is 1. The molecule has 0 amide bonds. The van der Waals surface area contributed by atoms with Gasteiger partial charge in [0.25, 0.3) is 10.0 Å². The molecule has 0 atom stereocenters. The zero-order chi connectivity index (χ0) is 15.0.